The number of benzene rings is 1. The standard InChI is InChI=1S/C14H16F3NO4S/c1-22-12-7-6-10(23(20,21)14(15,16)17)8-11(12)18-13(19)9-4-2-3-5-9/h6-9H,2-5H2,1H3,(H,18,19). The Kier molecular flexibility index (Phi) is 4.88. The molecule has 1 aliphatic carbocycles. The predicted molar refractivity (Wildman–Crippen MR) is 76.8 cm³/mol. The van der Waals surface area contributed by atoms with Crippen LogP contribution in [0.1, 0.15) is 25.7 Å². The van der Waals surface area contributed by atoms with Crippen molar-refractivity contribution in [2.24, 2.45) is 5.92 Å². The van der Waals surface area contributed by atoms with Crippen molar-refractivity contribution in [1.82, 2.24) is 0 Å². The summed E-state index contributed by atoms with van der Waals surface area (Å²) in [5.41, 5.74) is -5.50. The Morgan fingerprint density at radius 1 is 1.26 bits per heavy atom. The van der Waals surface area contributed by atoms with Gasteiger partial charge in [-0.1, -0.05) is 12.8 Å². The van der Waals surface area contributed by atoms with E-state index in [9.17, 15) is 26.4 Å². The summed E-state index contributed by atoms with van der Waals surface area (Å²) in [4.78, 5) is 11.2. The number of nitrogens with one attached hydrogen (secondary N) is 1. The van der Waals surface area contributed by atoms with Crippen LogP contribution in [0.25, 0.3) is 0 Å². The average Bonchev–Trinajstić information content (AvgIpc) is 3.00. The van der Waals surface area contributed by atoms with Crippen molar-refractivity contribution >= 4 is 21.4 Å². The number of carbonyl (C=O) groups excluding carboxylic acids is 1. The minimum atomic E-state index is -5.49. The van der Waals surface area contributed by atoms with Gasteiger partial charge >= 0.3 is 5.51 Å². The topological polar surface area (TPSA) is 72.5 Å². The fourth-order valence-electron chi connectivity index (χ4n) is 2.51. The lowest BCUT2D eigenvalue weighted by Gasteiger charge is -2.15. The van der Waals surface area contributed by atoms with E-state index in [1.165, 1.54) is 7.11 Å². The molecule has 0 radical (unpaired) electrons. The van der Waals surface area contributed by atoms with Crippen molar-refractivity contribution in [3.05, 3.63) is 18.2 Å². The van der Waals surface area contributed by atoms with E-state index < -0.39 is 20.2 Å². The van der Waals surface area contributed by atoms with Gasteiger partial charge in [0.05, 0.1) is 17.7 Å². The molecule has 0 unspecified atom stereocenters. The van der Waals surface area contributed by atoms with Crippen LogP contribution in [0.15, 0.2) is 23.1 Å². The zero-order chi connectivity index (χ0) is 17.3. The van der Waals surface area contributed by atoms with Crippen molar-refractivity contribution in [2.45, 2.75) is 36.1 Å². The fraction of sp³-hybridized carbons (Fsp3) is 0.500. The first-order valence-electron chi connectivity index (χ1n) is 6.97. The summed E-state index contributed by atoms with van der Waals surface area (Å²) < 4.78 is 65.8. The van der Waals surface area contributed by atoms with E-state index in [2.05, 4.69) is 5.32 Å². The first-order chi connectivity index (χ1) is 10.7. The molecule has 0 spiro atoms. The van der Waals surface area contributed by atoms with Crippen molar-refractivity contribution in [3.63, 3.8) is 0 Å². The number of amides is 1. The maximum Gasteiger partial charge on any atom is 0.501 e. The smallest absolute Gasteiger partial charge is 0.495 e. The molecule has 0 heterocycles. The molecule has 1 aliphatic rings. The van der Waals surface area contributed by atoms with Crippen LogP contribution in [0.4, 0.5) is 18.9 Å². The van der Waals surface area contributed by atoms with E-state index in [4.69, 9.17) is 4.74 Å². The van der Waals surface area contributed by atoms with Gasteiger partial charge in [-0.15, -0.1) is 0 Å². The van der Waals surface area contributed by atoms with Gasteiger partial charge in [-0.25, -0.2) is 8.42 Å². The predicted octanol–water partition coefficient (Wildman–Crippen LogP) is 3.12. The quantitative estimate of drug-likeness (QED) is 0.905. The van der Waals surface area contributed by atoms with Crippen LogP contribution in [0.5, 0.6) is 5.75 Å². The summed E-state index contributed by atoms with van der Waals surface area (Å²) in [6, 6.07) is 2.66. The summed E-state index contributed by atoms with van der Waals surface area (Å²) in [5, 5.41) is 2.47. The molecule has 2 rings (SSSR count). The van der Waals surface area contributed by atoms with E-state index in [-0.39, 0.29) is 23.3 Å². The highest BCUT2D eigenvalue weighted by molar-refractivity contribution is 7.92. The van der Waals surface area contributed by atoms with Crippen LogP contribution in [0.3, 0.4) is 0 Å². The number of alkyl halides is 3. The Morgan fingerprint density at radius 2 is 1.87 bits per heavy atom. The third kappa shape index (κ3) is 3.60. The molecule has 0 aliphatic heterocycles. The summed E-state index contributed by atoms with van der Waals surface area (Å²) >= 11 is 0. The Hall–Kier alpha value is -1.77. The number of anilines is 1. The molecule has 0 bridgehead atoms. The van der Waals surface area contributed by atoms with Crippen LogP contribution >= 0.6 is 0 Å². The largest absolute Gasteiger partial charge is 0.501 e. The van der Waals surface area contributed by atoms with Gasteiger partial charge in [-0.05, 0) is 31.0 Å². The van der Waals surface area contributed by atoms with Crippen molar-refractivity contribution in [1.29, 1.82) is 0 Å². The SMILES string of the molecule is COc1ccc(S(=O)(=O)C(F)(F)F)cc1NC(=O)C1CCCC1. The number of sulfone groups is 1. The zero-order valence-corrected chi connectivity index (χ0v) is 13.1. The van der Waals surface area contributed by atoms with Crippen LogP contribution in [0.2, 0.25) is 0 Å². The number of rotatable bonds is 4. The Morgan fingerprint density at radius 3 is 2.39 bits per heavy atom. The lowest BCUT2D eigenvalue weighted by Crippen LogP contribution is -2.24. The molecule has 0 saturated heterocycles. The lowest BCUT2D eigenvalue weighted by atomic mass is 10.1. The van der Waals surface area contributed by atoms with Gasteiger partial charge in [-0.2, -0.15) is 13.2 Å². The van der Waals surface area contributed by atoms with Gasteiger partial charge in [0.25, 0.3) is 9.84 Å². The number of halogens is 3. The van der Waals surface area contributed by atoms with E-state index in [1.807, 2.05) is 0 Å². The van der Waals surface area contributed by atoms with E-state index in [0.717, 1.165) is 31.0 Å². The van der Waals surface area contributed by atoms with Crippen LogP contribution < -0.4 is 10.1 Å². The first kappa shape index (κ1) is 17.6. The number of hydrogen-bond acceptors (Lipinski definition) is 4. The van der Waals surface area contributed by atoms with Gasteiger partial charge in [-0.3, -0.25) is 4.79 Å². The van der Waals surface area contributed by atoms with Crippen LogP contribution in [-0.4, -0.2) is 26.9 Å². The Bertz CT molecular complexity index is 694. The maximum absolute atomic E-state index is 12.6. The number of carbonyl (C=O) groups is 1. The molecule has 0 aromatic heterocycles. The summed E-state index contributed by atoms with van der Waals surface area (Å²) in [7, 11) is -4.21. The van der Waals surface area contributed by atoms with Crippen molar-refractivity contribution < 1.29 is 31.1 Å². The Balaban J connectivity index is 2.34. The summed E-state index contributed by atoms with van der Waals surface area (Å²) in [5.74, 6) is -0.470. The van der Waals surface area contributed by atoms with Gasteiger partial charge in [0.2, 0.25) is 5.91 Å². The number of hydrogen-bond donors (Lipinski definition) is 1. The van der Waals surface area contributed by atoms with E-state index in [0.29, 0.717) is 12.8 Å². The molecule has 23 heavy (non-hydrogen) atoms. The van der Waals surface area contributed by atoms with Gasteiger partial charge < -0.3 is 10.1 Å². The third-order valence-corrected chi connectivity index (χ3v) is 5.25. The molecular weight excluding hydrogens is 335 g/mol. The van der Waals surface area contributed by atoms with E-state index >= 15 is 0 Å². The minimum Gasteiger partial charge on any atom is -0.495 e. The molecule has 1 aromatic rings. The molecule has 1 fully saturated rings. The fourth-order valence-corrected chi connectivity index (χ4v) is 3.30. The highest BCUT2D eigenvalue weighted by atomic mass is 32.2. The van der Waals surface area contributed by atoms with Crippen molar-refractivity contribution in [2.75, 3.05) is 12.4 Å². The van der Waals surface area contributed by atoms with Crippen LogP contribution in [0, 0.1) is 5.92 Å². The summed E-state index contributed by atoms with van der Waals surface area (Å²) in [6.45, 7) is 0. The van der Waals surface area contributed by atoms with Gasteiger partial charge in [0, 0.05) is 5.92 Å². The highest BCUT2D eigenvalue weighted by Crippen LogP contribution is 2.35. The normalized spacial score (nSPS) is 16.3. The zero-order valence-electron chi connectivity index (χ0n) is 12.3. The van der Waals surface area contributed by atoms with Crippen LogP contribution in [-0.2, 0) is 14.6 Å². The van der Waals surface area contributed by atoms with Gasteiger partial charge in [0.1, 0.15) is 5.75 Å². The number of methoxy groups -OCH3 is 1. The summed E-state index contributed by atoms with van der Waals surface area (Å²) in [6.07, 6.45) is 3.23. The molecule has 1 saturated carbocycles. The lowest BCUT2D eigenvalue weighted by molar-refractivity contribution is -0.119. The Labute approximate surface area is 131 Å². The second kappa shape index (κ2) is 6.38. The molecule has 1 amide bonds. The second-order valence-corrected chi connectivity index (χ2v) is 7.22. The molecule has 5 nitrogen and oxygen atoms in total. The van der Waals surface area contributed by atoms with Crippen molar-refractivity contribution in [3.8, 4) is 5.75 Å². The highest BCUT2D eigenvalue weighted by Gasteiger charge is 2.47. The maximum atomic E-state index is 12.6. The molecule has 0 atom stereocenters. The number of ether oxygens (including phenoxy) is 1. The minimum absolute atomic E-state index is 0.0882. The monoisotopic (exact) mass is 351 g/mol. The molecule has 1 N–H and O–H groups in total. The molecule has 128 valence electrons. The molecular formula is C14H16F3NO4S. The molecule has 9 heteroatoms. The second-order valence-electron chi connectivity index (χ2n) is 5.28. The third-order valence-electron chi connectivity index (χ3n) is 3.77. The van der Waals surface area contributed by atoms with E-state index in [1.54, 1.807) is 0 Å². The molecule has 1 aromatic carbocycles. The first-order valence-corrected chi connectivity index (χ1v) is 8.45. The van der Waals surface area contributed by atoms with Gasteiger partial charge in [0.15, 0.2) is 0 Å². The average molecular weight is 351 g/mol.